The van der Waals surface area contributed by atoms with Crippen LogP contribution in [0.2, 0.25) is 0 Å². The summed E-state index contributed by atoms with van der Waals surface area (Å²) in [5, 5.41) is 9.68. The first-order valence-electron chi connectivity index (χ1n) is 6.30. The third kappa shape index (κ3) is 3.69. The molecule has 0 aromatic carbocycles. The summed E-state index contributed by atoms with van der Waals surface area (Å²) in [6, 6.07) is 5.06. The normalized spacial score (nSPS) is 10.6. The van der Waals surface area contributed by atoms with Gasteiger partial charge in [-0.05, 0) is 25.1 Å². The van der Waals surface area contributed by atoms with Crippen LogP contribution in [0.1, 0.15) is 23.8 Å². The Bertz CT molecular complexity index is 505. The van der Waals surface area contributed by atoms with Crippen LogP contribution in [-0.4, -0.2) is 30.7 Å². The van der Waals surface area contributed by atoms with Gasteiger partial charge < -0.3 is 19.6 Å². The number of hydrogen-bond donors (Lipinski definition) is 2. The summed E-state index contributed by atoms with van der Waals surface area (Å²) < 4.78 is 10.2. The zero-order chi connectivity index (χ0) is 13.5. The van der Waals surface area contributed by atoms with Crippen LogP contribution >= 0.6 is 0 Å². The lowest BCUT2D eigenvalue weighted by molar-refractivity contribution is 0.0945. The van der Waals surface area contributed by atoms with E-state index in [1.54, 1.807) is 18.2 Å². The quantitative estimate of drug-likeness (QED) is 0.743. The largest absolute Gasteiger partial charge is 0.461 e. The van der Waals surface area contributed by atoms with Crippen LogP contribution in [0.25, 0.3) is 11.5 Å². The molecule has 0 bridgehead atoms. The van der Waals surface area contributed by atoms with Gasteiger partial charge >= 0.3 is 0 Å². The van der Waals surface area contributed by atoms with Crippen molar-refractivity contribution in [3.8, 4) is 11.5 Å². The molecule has 102 valence electrons. The second-order valence-electron chi connectivity index (χ2n) is 4.06. The molecule has 2 aromatic rings. The van der Waals surface area contributed by atoms with Gasteiger partial charge in [0.05, 0.1) is 6.26 Å². The van der Waals surface area contributed by atoms with E-state index in [4.69, 9.17) is 8.94 Å². The van der Waals surface area contributed by atoms with Gasteiger partial charge in [-0.2, -0.15) is 0 Å². The lowest BCUT2D eigenvalue weighted by atomic mass is 10.3. The molecule has 0 fully saturated rings. The first-order chi connectivity index (χ1) is 9.31. The highest BCUT2D eigenvalue weighted by atomic mass is 16.5. The second kappa shape index (κ2) is 6.75. The zero-order valence-electron chi connectivity index (χ0n) is 10.8. The summed E-state index contributed by atoms with van der Waals surface area (Å²) >= 11 is 0. The minimum atomic E-state index is -0.250. The number of carbonyl (C=O) groups excluding carboxylic acids is 1. The predicted molar refractivity (Wildman–Crippen MR) is 69.7 cm³/mol. The van der Waals surface area contributed by atoms with Gasteiger partial charge in [-0.15, -0.1) is 0 Å². The van der Waals surface area contributed by atoms with Crippen LogP contribution in [0.5, 0.6) is 0 Å². The molecule has 0 saturated carbocycles. The Labute approximate surface area is 111 Å². The van der Waals surface area contributed by atoms with Crippen molar-refractivity contribution in [3.63, 3.8) is 0 Å². The maximum absolute atomic E-state index is 11.8. The Balaban J connectivity index is 1.83. The maximum atomic E-state index is 11.8. The Morgan fingerprint density at radius 1 is 1.32 bits per heavy atom. The molecule has 1 amide bonds. The fraction of sp³-hybridized carbons (Fsp3) is 0.385. The number of nitrogens with zero attached hydrogens (tertiary/aromatic N) is 1. The van der Waals surface area contributed by atoms with Crippen molar-refractivity contribution < 1.29 is 13.7 Å². The highest BCUT2D eigenvalue weighted by Gasteiger charge is 2.14. The van der Waals surface area contributed by atoms with Gasteiger partial charge in [-0.25, -0.2) is 0 Å². The van der Waals surface area contributed by atoms with Gasteiger partial charge in [0.25, 0.3) is 5.91 Å². The van der Waals surface area contributed by atoms with Crippen LogP contribution in [0, 0.1) is 0 Å². The monoisotopic (exact) mass is 263 g/mol. The molecular weight excluding hydrogens is 246 g/mol. The first-order valence-corrected chi connectivity index (χ1v) is 6.30. The van der Waals surface area contributed by atoms with Crippen molar-refractivity contribution in [1.29, 1.82) is 0 Å². The van der Waals surface area contributed by atoms with Crippen LogP contribution in [0.4, 0.5) is 0 Å². The summed E-state index contributed by atoms with van der Waals surface area (Å²) in [7, 11) is 0. The fourth-order valence-corrected chi connectivity index (χ4v) is 1.57. The fourth-order valence-electron chi connectivity index (χ4n) is 1.57. The van der Waals surface area contributed by atoms with E-state index in [9.17, 15) is 4.79 Å². The number of hydrogen-bond acceptors (Lipinski definition) is 5. The van der Waals surface area contributed by atoms with Crippen molar-refractivity contribution in [1.82, 2.24) is 15.8 Å². The molecule has 0 aliphatic rings. The van der Waals surface area contributed by atoms with Crippen molar-refractivity contribution in [2.75, 3.05) is 19.6 Å². The van der Waals surface area contributed by atoms with Crippen molar-refractivity contribution in [2.24, 2.45) is 0 Å². The molecule has 0 aliphatic heterocycles. The van der Waals surface area contributed by atoms with Crippen LogP contribution in [0.3, 0.4) is 0 Å². The van der Waals surface area contributed by atoms with Crippen LogP contribution in [0.15, 0.2) is 33.4 Å². The van der Waals surface area contributed by atoms with E-state index < -0.39 is 0 Å². The number of furan rings is 1. The molecule has 0 unspecified atom stereocenters. The molecule has 6 heteroatoms. The molecule has 0 atom stereocenters. The van der Waals surface area contributed by atoms with E-state index in [1.807, 2.05) is 0 Å². The van der Waals surface area contributed by atoms with Gasteiger partial charge in [0.1, 0.15) is 0 Å². The summed E-state index contributed by atoms with van der Waals surface area (Å²) in [6.07, 6.45) is 2.61. The molecule has 0 spiro atoms. The molecule has 2 heterocycles. The molecule has 2 aromatic heterocycles. The zero-order valence-corrected chi connectivity index (χ0v) is 10.8. The van der Waals surface area contributed by atoms with Gasteiger partial charge in [0.2, 0.25) is 5.76 Å². The predicted octanol–water partition coefficient (Wildman–Crippen LogP) is 1.66. The maximum Gasteiger partial charge on any atom is 0.273 e. The number of aromatic nitrogens is 1. The third-order valence-electron chi connectivity index (χ3n) is 2.52. The Hall–Kier alpha value is -2.08. The Morgan fingerprint density at radius 3 is 2.95 bits per heavy atom. The molecule has 0 aliphatic carbocycles. The van der Waals surface area contributed by atoms with E-state index in [2.05, 4.69) is 22.7 Å². The van der Waals surface area contributed by atoms with Crippen LogP contribution in [-0.2, 0) is 0 Å². The smallest absolute Gasteiger partial charge is 0.273 e. The number of carbonyl (C=O) groups is 1. The van der Waals surface area contributed by atoms with Gasteiger partial charge in [-0.1, -0.05) is 12.1 Å². The SMILES string of the molecule is CCCNCCNC(=O)c1cc(-c2ccco2)on1. The van der Waals surface area contributed by atoms with Crippen molar-refractivity contribution in [2.45, 2.75) is 13.3 Å². The molecule has 0 radical (unpaired) electrons. The highest BCUT2D eigenvalue weighted by molar-refractivity contribution is 5.92. The average molecular weight is 263 g/mol. The molecule has 19 heavy (non-hydrogen) atoms. The minimum Gasteiger partial charge on any atom is -0.461 e. The Kier molecular flexibility index (Phi) is 4.74. The van der Waals surface area contributed by atoms with E-state index in [-0.39, 0.29) is 11.6 Å². The third-order valence-corrected chi connectivity index (χ3v) is 2.52. The van der Waals surface area contributed by atoms with Gasteiger partial charge in [-0.3, -0.25) is 4.79 Å². The van der Waals surface area contributed by atoms with Crippen LogP contribution < -0.4 is 10.6 Å². The molecule has 0 saturated heterocycles. The number of rotatable bonds is 7. The van der Waals surface area contributed by atoms with E-state index in [0.29, 0.717) is 18.1 Å². The molecule has 6 nitrogen and oxygen atoms in total. The molecular formula is C13H17N3O3. The summed E-state index contributed by atoms with van der Waals surface area (Å²) in [6.45, 7) is 4.34. The second-order valence-corrected chi connectivity index (χ2v) is 4.06. The van der Waals surface area contributed by atoms with E-state index >= 15 is 0 Å². The summed E-state index contributed by atoms with van der Waals surface area (Å²) in [4.78, 5) is 11.8. The highest BCUT2D eigenvalue weighted by Crippen LogP contribution is 2.20. The molecule has 2 N–H and O–H groups in total. The lowest BCUT2D eigenvalue weighted by Gasteiger charge is -2.03. The summed E-state index contributed by atoms with van der Waals surface area (Å²) in [5.41, 5.74) is 0.252. The van der Waals surface area contributed by atoms with Crippen molar-refractivity contribution in [3.05, 3.63) is 30.2 Å². The molecule has 2 rings (SSSR count). The van der Waals surface area contributed by atoms with E-state index in [1.165, 1.54) is 6.26 Å². The number of nitrogens with one attached hydrogen (secondary N) is 2. The van der Waals surface area contributed by atoms with E-state index in [0.717, 1.165) is 19.5 Å². The first kappa shape index (κ1) is 13.4. The average Bonchev–Trinajstić information content (AvgIpc) is 3.08. The summed E-state index contributed by atoms with van der Waals surface area (Å²) in [5.74, 6) is 0.746. The minimum absolute atomic E-state index is 0.250. The van der Waals surface area contributed by atoms with Gasteiger partial charge in [0.15, 0.2) is 11.5 Å². The van der Waals surface area contributed by atoms with Crippen molar-refractivity contribution >= 4 is 5.91 Å². The topological polar surface area (TPSA) is 80.3 Å². The lowest BCUT2D eigenvalue weighted by Crippen LogP contribution is -2.32. The van der Waals surface area contributed by atoms with Gasteiger partial charge in [0, 0.05) is 19.2 Å². The number of amides is 1. The standard InChI is InChI=1S/C13H17N3O3/c1-2-5-14-6-7-15-13(17)10-9-12(19-16-10)11-4-3-8-18-11/h3-4,8-9,14H,2,5-7H2,1H3,(H,15,17). The Morgan fingerprint density at radius 2 is 2.21 bits per heavy atom.